The molecule has 26 heavy (non-hydrogen) atoms. The van der Waals surface area contributed by atoms with Gasteiger partial charge in [-0.05, 0) is 5.56 Å². The number of halogens is 6. The quantitative estimate of drug-likeness (QED) is 0.615. The number of amides is 3. The molecule has 0 aliphatic carbocycles. The van der Waals surface area contributed by atoms with E-state index in [9.17, 15) is 40.7 Å². The predicted molar refractivity (Wildman–Crippen MR) is 71.8 cm³/mol. The van der Waals surface area contributed by atoms with Crippen LogP contribution in [-0.4, -0.2) is 51.8 Å². The number of benzene rings is 1. The highest BCUT2D eigenvalue weighted by molar-refractivity contribution is 6.10. The van der Waals surface area contributed by atoms with Crippen molar-refractivity contribution in [2.75, 3.05) is 0 Å². The minimum atomic E-state index is -6.22. The molecule has 0 radical (unpaired) electrons. The third-order valence-electron chi connectivity index (χ3n) is 3.77. The molecule has 1 aromatic rings. The molecule has 12 heteroatoms. The third kappa shape index (κ3) is 2.95. The van der Waals surface area contributed by atoms with Crippen molar-refractivity contribution in [2.45, 2.75) is 30.4 Å². The number of nitrogens with zero attached hydrogens (tertiary/aromatic N) is 1. The van der Waals surface area contributed by atoms with E-state index in [1.807, 2.05) is 0 Å². The Labute approximate surface area is 141 Å². The van der Waals surface area contributed by atoms with Crippen molar-refractivity contribution in [1.82, 2.24) is 10.2 Å². The van der Waals surface area contributed by atoms with E-state index in [2.05, 4.69) is 0 Å². The molecule has 1 atom stereocenters. The summed E-state index contributed by atoms with van der Waals surface area (Å²) in [6.45, 7) is 0. The SMILES string of the molecule is O=C(O)[C@H](Cc1ccccc1)N1C(=O)NC(C(F)(F)F)(C(F)(F)F)C1=O. The summed E-state index contributed by atoms with van der Waals surface area (Å²) < 4.78 is 78.4. The lowest BCUT2D eigenvalue weighted by Gasteiger charge is -2.31. The summed E-state index contributed by atoms with van der Waals surface area (Å²) in [4.78, 5) is 34.6. The lowest BCUT2D eigenvalue weighted by molar-refractivity contribution is -0.290. The Morgan fingerprint density at radius 3 is 1.96 bits per heavy atom. The molecule has 1 fully saturated rings. The van der Waals surface area contributed by atoms with Crippen LogP contribution in [0.25, 0.3) is 0 Å². The molecule has 6 nitrogen and oxygen atoms in total. The summed E-state index contributed by atoms with van der Waals surface area (Å²) in [6.07, 6.45) is -13.1. The molecule has 0 bridgehead atoms. The van der Waals surface area contributed by atoms with E-state index < -0.39 is 53.2 Å². The van der Waals surface area contributed by atoms with Crippen molar-refractivity contribution in [1.29, 1.82) is 0 Å². The lowest BCUT2D eigenvalue weighted by Crippen LogP contribution is -2.68. The minimum absolute atomic E-state index is 0.192. The van der Waals surface area contributed by atoms with Crippen LogP contribution in [0.2, 0.25) is 0 Å². The zero-order valence-electron chi connectivity index (χ0n) is 12.6. The van der Waals surface area contributed by atoms with E-state index in [1.54, 1.807) is 0 Å². The molecule has 0 spiro atoms. The Balaban J connectivity index is 2.50. The highest BCUT2D eigenvalue weighted by Gasteiger charge is 2.81. The number of alkyl halides is 6. The number of rotatable bonds is 4. The number of carbonyl (C=O) groups excluding carboxylic acids is 2. The third-order valence-corrected chi connectivity index (χ3v) is 3.77. The normalized spacial score (nSPS) is 18.6. The Morgan fingerprint density at radius 2 is 1.58 bits per heavy atom. The maximum absolute atomic E-state index is 13.1. The molecule has 0 aromatic heterocycles. The molecule has 2 N–H and O–H groups in total. The summed E-state index contributed by atoms with van der Waals surface area (Å²) in [5.74, 6) is -4.66. The van der Waals surface area contributed by atoms with E-state index in [1.165, 1.54) is 30.3 Å². The zero-order chi connectivity index (χ0) is 19.9. The van der Waals surface area contributed by atoms with Crippen LogP contribution in [0.5, 0.6) is 0 Å². The van der Waals surface area contributed by atoms with Crippen LogP contribution in [0.1, 0.15) is 5.56 Å². The molecule has 1 aliphatic rings. The van der Waals surface area contributed by atoms with Crippen molar-refractivity contribution >= 4 is 17.9 Å². The summed E-state index contributed by atoms with van der Waals surface area (Å²) >= 11 is 0. The van der Waals surface area contributed by atoms with Gasteiger partial charge in [-0.15, -0.1) is 0 Å². The molecule has 1 heterocycles. The number of urea groups is 1. The van der Waals surface area contributed by atoms with Crippen LogP contribution in [-0.2, 0) is 16.0 Å². The predicted octanol–water partition coefficient (Wildman–Crippen LogP) is 2.10. The monoisotopic (exact) mass is 384 g/mol. The second-order valence-electron chi connectivity index (χ2n) is 5.39. The minimum Gasteiger partial charge on any atom is -0.480 e. The largest absolute Gasteiger partial charge is 0.480 e. The first-order valence-corrected chi connectivity index (χ1v) is 6.89. The first kappa shape index (κ1) is 19.5. The van der Waals surface area contributed by atoms with E-state index in [4.69, 9.17) is 5.11 Å². The van der Waals surface area contributed by atoms with E-state index >= 15 is 0 Å². The zero-order valence-corrected chi connectivity index (χ0v) is 12.6. The standard InChI is InChI=1S/C14H10F6N2O4/c15-13(16,17)12(14(18,19)20)10(25)22(11(26)21-12)8(9(23)24)6-7-4-2-1-3-5-7/h1-5,8H,6H2,(H,21,26)(H,23,24)/t8-/m0/s1. The molecule has 1 aromatic carbocycles. The van der Waals surface area contributed by atoms with Crippen LogP contribution in [0.15, 0.2) is 30.3 Å². The maximum Gasteiger partial charge on any atom is 0.429 e. The molecular weight excluding hydrogens is 374 g/mol. The van der Waals surface area contributed by atoms with Crippen LogP contribution < -0.4 is 5.32 Å². The van der Waals surface area contributed by atoms with Crippen LogP contribution >= 0.6 is 0 Å². The molecule has 3 amide bonds. The topological polar surface area (TPSA) is 86.7 Å². The second kappa shape index (κ2) is 6.18. The molecule has 1 saturated heterocycles. The Morgan fingerprint density at radius 1 is 1.08 bits per heavy atom. The number of carboxylic acid groups (broad SMARTS) is 1. The molecular formula is C14H10F6N2O4. The van der Waals surface area contributed by atoms with Gasteiger partial charge in [0, 0.05) is 6.42 Å². The molecule has 142 valence electrons. The summed E-state index contributed by atoms with van der Waals surface area (Å²) in [7, 11) is 0. The number of nitrogens with one attached hydrogen (secondary N) is 1. The molecule has 1 aliphatic heterocycles. The van der Waals surface area contributed by atoms with E-state index in [0.717, 1.165) is 0 Å². The van der Waals surface area contributed by atoms with Crippen LogP contribution in [0.3, 0.4) is 0 Å². The summed E-state index contributed by atoms with van der Waals surface area (Å²) in [5.41, 5.74) is -5.00. The van der Waals surface area contributed by atoms with Gasteiger partial charge in [-0.25, -0.2) is 14.5 Å². The van der Waals surface area contributed by atoms with Gasteiger partial charge in [0.25, 0.3) is 5.91 Å². The van der Waals surface area contributed by atoms with Crippen molar-refractivity contribution in [3.63, 3.8) is 0 Å². The second-order valence-corrected chi connectivity index (χ2v) is 5.39. The number of carboxylic acids is 1. The van der Waals surface area contributed by atoms with Gasteiger partial charge < -0.3 is 10.4 Å². The molecule has 0 unspecified atom stereocenters. The Kier molecular flexibility index (Phi) is 4.64. The number of carbonyl (C=O) groups is 3. The number of aliphatic carboxylic acids is 1. The maximum atomic E-state index is 13.1. The van der Waals surface area contributed by atoms with Crippen molar-refractivity contribution < 1.29 is 45.8 Å². The van der Waals surface area contributed by atoms with Crippen LogP contribution in [0.4, 0.5) is 31.1 Å². The van der Waals surface area contributed by atoms with Crippen LogP contribution in [0, 0.1) is 0 Å². The fourth-order valence-electron chi connectivity index (χ4n) is 2.50. The highest BCUT2D eigenvalue weighted by atomic mass is 19.4. The van der Waals surface area contributed by atoms with Gasteiger partial charge in [0.15, 0.2) is 0 Å². The molecule has 2 rings (SSSR count). The molecule has 0 saturated carbocycles. The van der Waals surface area contributed by atoms with Gasteiger partial charge in [-0.2, -0.15) is 26.3 Å². The average Bonchev–Trinajstić information content (AvgIpc) is 2.77. The van der Waals surface area contributed by atoms with Crippen molar-refractivity contribution in [3.05, 3.63) is 35.9 Å². The highest BCUT2D eigenvalue weighted by Crippen LogP contribution is 2.47. The van der Waals surface area contributed by atoms with Gasteiger partial charge in [0.1, 0.15) is 6.04 Å². The first-order chi connectivity index (χ1) is 11.8. The van der Waals surface area contributed by atoms with Gasteiger partial charge in [-0.1, -0.05) is 30.3 Å². The fraction of sp³-hybridized carbons (Fsp3) is 0.357. The van der Waals surface area contributed by atoms with Gasteiger partial charge >= 0.3 is 29.9 Å². The van der Waals surface area contributed by atoms with Gasteiger partial charge in [0.05, 0.1) is 0 Å². The number of hydrogen-bond acceptors (Lipinski definition) is 3. The van der Waals surface area contributed by atoms with Crippen molar-refractivity contribution in [3.8, 4) is 0 Å². The summed E-state index contributed by atoms with van der Waals surface area (Å²) in [6, 6.07) is 2.76. The number of hydrogen-bond donors (Lipinski definition) is 2. The van der Waals surface area contributed by atoms with Crippen molar-refractivity contribution in [2.24, 2.45) is 0 Å². The Hall–Kier alpha value is -2.79. The average molecular weight is 384 g/mol. The smallest absolute Gasteiger partial charge is 0.429 e. The first-order valence-electron chi connectivity index (χ1n) is 6.89. The summed E-state index contributed by atoms with van der Waals surface area (Å²) in [5, 5.41) is 9.76. The number of imide groups is 1. The fourth-order valence-corrected chi connectivity index (χ4v) is 2.50. The Bertz CT molecular complexity index is 717. The van der Waals surface area contributed by atoms with E-state index in [-0.39, 0.29) is 5.56 Å². The van der Waals surface area contributed by atoms with Gasteiger partial charge in [-0.3, -0.25) is 4.79 Å². The van der Waals surface area contributed by atoms with E-state index in [0.29, 0.717) is 5.32 Å². The van der Waals surface area contributed by atoms with Gasteiger partial charge in [0.2, 0.25) is 0 Å². The lowest BCUT2D eigenvalue weighted by atomic mass is 9.96.